The number of hydrogen-bond donors (Lipinski definition) is 1. The SMILES string of the molecule is CCCC(C)NCc1nc(C)c(C)o1. The maximum atomic E-state index is 5.47. The van der Waals surface area contributed by atoms with Gasteiger partial charge in [-0.05, 0) is 27.2 Å². The second kappa shape index (κ2) is 5.15. The molecule has 0 aromatic carbocycles. The number of hydrogen-bond acceptors (Lipinski definition) is 3. The summed E-state index contributed by atoms with van der Waals surface area (Å²) in [6.45, 7) is 9.03. The predicted molar refractivity (Wildman–Crippen MR) is 57.2 cm³/mol. The highest BCUT2D eigenvalue weighted by Gasteiger charge is 2.06. The summed E-state index contributed by atoms with van der Waals surface area (Å²) in [5, 5.41) is 3.38. The van der Waals surface area contributed by atoms with Gasteiger partial charge in [-0.25, -0.2) is 4.98 Å². The smallest absolute Gasteiger partial charge is 0.208 e. The molecule has 1 N–H and O–H groups in total. The molecule has 80 valence electrons. The Bertz CT molecular complexity index is 261. The standard InChI is InChI=1S/C11H20N2O/c1-5-6-8(2)12-7-11-13-9(3)10(4)14-11/h8,12H,5-7H2,1-4H3. The van der Waals surface area contributed by atoms with Crippen LogP contribution < -0.4 is 5.32 Å². The van der Waals surface area contributed by atoms with E-state index in [0.717, 1.165) is 23.9 Å². The van der Waals surface area contributed by atoms with Crippen LogP contribution in [0.2, 0.25) is 0 Å². The molecule has 0 radical (unpaired) electrons. The Kier molecular flexibility index (Phi) is 4.14. The van der Waals surface area contributed by atoms with Crippen molar-refractivity contribution in [3.8, 4) is 0 Å². The van der Waals surface area contributed by atoms with Gasteiger partial charge in [-0.3, -0.25) is 0 Å². The van der Waals surface area contributed by atoms with E-state index in [1.165, 1.54) is 12.8 Å². The summed E-state index contributed by atoms with van der Waals surface area (Å²) in [4.78, 5) is 4.31. The summed E-state index contributed by atoms with van der Waals surface area (Å²) in [6, 6.07) is 0.535. The summed E-state index contributed by atoms with van der Waals surface area (Å²) >= 11 is 0. The van der Waals surface area contributed by atoms with Gasteiger partial charge in [0.2, 0.25) is 5.89 Å². The third kappa shape index (κ3) is 3.14. The molecule has 1 atom stereocenters. The first-order valence-electron chi connectivity index (χ1n) is 5.29. The minimum absolute atomic E-state index is 0.535. The quantitative estimate of drug-likeness (QED) is 0.786. The molecule has 0 spiro atoms. The van der Waals surface area contributed by atoms with Crippen molar-refractivity contribution in [3.05, 3.63) is 17.3 Å². The van der Waals surface area contributed by atoms with Crippen molar-refractivity contribution < 1.29 is 4.42 Å². The van der Waals surface area contributed by atoms with Crippen LogP contribution in [0.3, 0.4) is 0 Å². The molecule has 14 heavy (non-hydrogen) atoms. The van der Waals surface area contributed by atoms with Crippen LogP contribution in [0.4, 0.5) is 0 Å². The molecule has 3 heteroatoms. The van der Waals surface area contributed by atoms with Crippen LogP contribution >= 0.6 is 0 Å². The zero-order valence-corrected chi connectivity index (χ0v) is 9.55. The molecule has 1 aromatic rings. The van der Waals surface area contributed by atoms with Gasteiger partial charge in [0, 0.05) is 6.04 Å². The number of aromatic nitrogens is 1. The fourth-order valence-electron chi connectivity index (χ4n) is 1.41. The van der Waals surface area contributed by atoms with E-state index in [9.17, 15) is 0 Å². The topological polar surface area (TPSA) is 38.1 Å². The molecule has 0 saturated heterocycles. The molecule has 1 heterocycles. The minimum Gasteiger partial charge on any atom is -0.444 e. The van der Waals surface area contributed by atoms with Crippen LogP contribution in [0.15, 0.2) is 4.42 Å². The van der Waals surface area contributed by atoms with Gasteiger partial charge in [-0.15, -0.1) is 0 Å². The van der Waals surface area contributed by atoms with Gasteiger partial charge in [0.25, 0.3) is 0 Å². The van der Waals surface area contributed by atoms with Crippen molar-refractivity contribution >= 4 is 0 Å². The molecule has 0 saturated carbocycles. The Labute approximate surface area is 85.9 Å². The summed E-state index contributed by atoms with van der Waals surface area (Å²) in [7, 11) is 0. The van der Waals surface area contributed by atoms with Gasteiger partial charge in [0.1, 0.15) is 5.76 Å². The third-order valence-corrected chi connectivity index (χ3v) is 2.40. The lowest BCUT2D eigenvalue weighted by molar-refractivity contribution is 0.419. The van der Waals surface area contributed by atoms with Gasteiger partial charge in [0.05, 0.1) is 12.2 Å². The second-order valence-corrected chi connectivity index (χ2v) is 3.82. The van der Waals surface area contributed by atoms with E-state index in [-0.39, 0.29) is 0 Å². The van der Waals surface area contributed by atoms with Crippen LogP contribution in [-0.2, 0) is 6.54 Å². The molecular weight excluding hydrogens is 176 g/mol. The van der Waals surface area contributed by atoms with Crippen LogP contribution in [0.25, 0.3) is 0 Å². The molecule has 1 unspecified atom stereocenters. The van der Waals surface area contributed by atoms with Crippen molar-refractivity contribution in [2.24, 2.45) is 0 Å². The first-order chi connectivity index (χ1) is 6.63. The van der Waals surface area contributed by atoms with Gasteiger partial charge >= 0.3 is 0 Å². The average molecular weight is 196 g/mol. The highest BCUT2D eigenvalue weighted by Crippen LogP contribution is 2.08. The van der Waals surface area contributed by atoms with Crippen molar-refractivity contribution in [1.29, 1.82) is 0 Å². The van der Waals surface area contributed by atoms with Crippen LogP contribution in [-0.4, -0.2) is 11.0 Å². The van der Waals surface area contributed by atoms with E-state index < -0.39 is 0 Å². The normalized spacial score (nSPS) is 13.1. The summed E-state index contributed by atoms with van der Waals surface area (Å²) < 4.78 is 5.47. The number of nitrogens with one attached hydrogen (secondary N) is 1. The minimum atomic E-state index is 0.535. The van der Waals surface area contributed by atoms with Gasteiger partial charge < -0.3 is 9.73 Å². The van der Waals surface area contributed by atoms with Crippen molar-refractivity contribution in [2.45, 2.75) is 53.1 Å². The Morgan fingerprint density at radius 2 is 2.14 bits per heavy atom. The predicted octanol–water partition coefficient (Wildman–Crippen LogP) is 2.57. The number of aryl methyl sites for hydroxylation is 2. The average Bonchev–Trinajstić information content (AvgIpc) is 2.44. The summed E-state index contributed by atoms with van der Waals surface area (Å²) in [6.07, 6.45) is 2.40. The highest BCUT2D eigenvalue weighted by atomic mass is 16.4. The van der Waals surface area contributed by atoms with Crippen LogP contribution in [0.1, 0.15) is 44.0 Å². The first kappa shape index (κ1) is 11.2. The van der Waals surface area contributed by atoms with Crippen LogP contribution in [0.5, 0.6) is 0 Å². The molecule has 0 amide bonds. The highest BCUT2D eigenvalue weighted by molar-refractivity contribution is 5.05. The molecule has 0 fully saturated rings. The van der Waals surface area contributed by atoms with E-state index in [1.807, 2.05) is 13.8 Å². The van der Waals surface area contributed by atoms with Gasteiger partial charge in [-0.1, -0.05) is 13.3 Å². The molecule has 3 nitrogen and oxygen atoms in total. The monoisotopic (exact) mass is 196 g/mol. The van der Waals surface area contributed by atoms with Gasteiger partial charge in [0.15, 0.2) is 0 Å². The zero-order valence-electron chi connectivity index (χ0n) is 9.55. The fourth-order valence-corrected chi connectivity index (χ4v) is 1.41. The van der Waals surface area contributed by atoms with Crippen molar-refractivity contribution in [3.63, 3.8) is 0 Å². The molecule has 0 aliphatic rings. The Morgan fingerprint density at radius 1 is 1.43 bits per heavy atom. The van der Waals surface area contributed by atoms with E-state index in [2.05, 4.69) is 24.1 Å². The number of oxazole rings is 1. The fraction of sp³-hybridized carbons (Fsp3) is 0.727. The molecule has 0 bridgehead atoms. The molecule has 0 aliphatic heterocycles. The lowest BCUT2D eigenvalue weighted by Gasteiger charge is -2.10. The molecular formula is C11H20N2O. The molecule has 1 rings (SSSR count). The second-order valence-electron chi connectivity index (χ2n) is 3.82. The van der Waals surface area contributed by atoms with E-state index in [0.29, 0.717) is 6.04 Å². The molecule has 1 aromatic heterocycles. The number of rotatable bonds is 5. The van der Waals surface area contributed by atoms with E-state index in [1.54, 1.807) is 0 Å². The van der Waals surface area contributed by atoms with Crippen LogP contribution in [0, 0.1) is 13.8 Å². The van der Waals surface area contributed by atoms with Crippen molar-refractivity contribution in [1.82, 2.24) is 10.3 Å². The third-order valence-electron chi connectivity index (χ3n) is 2.40. The maximum Gasteiger partial charge on any atom is 0.208 e. The summed E-state index contributed by atoms with van der Waals surface area (Å²) in [5.74, 6) is 1.72. The Morgan fingerprint density at radius 3 is 2.64 bits per heavy atom. The lowest BCUT2D eigenvalue weighted by atomic mass is 10.2. The van der Waals surface area contributed by atoms with E-state index >= 15 is 0 Å². The number of nitrogens with zero attached hydrogens (tertiary/aromatic N) is 1. The largest absolute Gasteiger partial charge is 0.444 e. The van der Waals surface area contributed by atoms with Gasteiger partial charge in [-0.2, -0.15) is 0 Å². The van der Waals surface area contributed by atoms with Crippen molar-refractivity contribution in [2.75, 3.05) is 0 Å². The summed E-state index contributed by atoms with van der Waals surface area (Å²) in [5.41, 5.74) is 0.991. The lowest BCUT2D eigenvalue weighted by Crippen LogP contribution is -2.25. The Hall–Kier alpha value is -0.830. The Balaban J connectivity index is 2.38. The maximum absolute atomic E-state index is 5.47. The zero-order chi connectivity index (χ0) is 10.6. The van der Waals surface area contributed by atoms with E-state index in [4.69, 9.17) is 4.42 Å². The molecule has 0 aliphatic carbocycles. The first-order valence-corrected chi connectivity index (χ1v) is 5.29.